The Balaban J connectivity index is 2.18. The van der Waals surface area contributed by atoms with Crippen LogP contribution in [0.2, 0.25) is 0 Å². The van der Waals surface area contributed by atoms with Gasteiger partial charge in [-0.25, -0.2) is 0 Å². The number of aliphatic hydroxyl groups excluding tert-OH is 1. The van der Waals surface area contributed by atoms with Crippen LogP contribution < -0.4 is 0 Å². The topological polar surface area (TPSA) is 40.5 Å². The van der Waals surface area contributed by atoms with E-state index in [1.807, 2.05) is 13.8 Å². The second-order valence-corrected chi connectivity index (χ2v) is 6.96. The second kappa shape index (κ2) is 4.10. The number of aliphatic hydroxyl groups is 2. The van der Waals surface area contributed by atoms with E-state index in [1.54, 1.807) is 0 Å². The fourth-order valence-electron chi connectivity index (χ4n) is 3.79. The smallest absolute Gasteiger partial charge is 0.0750 e. The van der Waals surface area contributed by atoms with Crippen LogP contribution in [0.5, 0.6) is 0 Å². The third-order valence-electron chi connectivity index (χ3n) is 5.29. The summed E-state index contributed by atoms with van der Waals surface area (Å²) in [6.45, 7) is 10.2. The standard InChI is InChI=1S/C15H26O2/c1-10-12-9-11(14(2,3)17)5-7-15(12,4)8-6-13(10)16/h11-13,16-17H,1,5-9H2,2-4H3/t11-,12?,13?,15+/m1/s1. The van der Waals surface area contributed by atoms with Crippen LogP contribution in [0.4, 0.5) is 0 Å². The Hall–Kier alpha value is -0.340. The highest BCUT2D eigenvalue weighted by atomic mass is 16.3. The highest BCUT2D eigenvalue weighted by Crippen LogP contribution is 2.54. The van der Waals surface area contributed by atoms with Gasteiger partial charge in [-0.05, 0) is 68.8 Å². The quantitative estimate of drug-likeness (QED) is 0.690. The molecule has 2 N–H and O–H groups in total. The van der Waals surface area contributed by atoms with Gasteiger partial charge >= 0.3 is 0 Å². The van der Waals surface area contributed by atoms with E-state index in [2.05, 4.69) is 13.5 Å². The van der Waals surface area contributed by atoms with Crippen molar-refractivity contribution in [1.82, 2.24) is 0 Å². The minimum absolute atomic E-state index is 0.304. The Labute approximate surface area is 105 Å². The molecule has 2 rings (SSSR count). The lowest BCUT2D eigenvalue weighted by Gasteiger charge is -2.51. The van der Waals surface area contributed by atoms with Gasteiger partial charge in [0.15, 0.2) is 0 Å². The first-order valence-corrected chi connectivity index (χ1v) is 6.83. The molecule has 2 nitrogen and oxygen atoms in total. The van der Waals surface area contributed by atoms with Crippen molar-refractivity contribution in [3.63, 3.8) is 0 Å². The Morgan fingerprint density at radius 3 is 2.47 bits per heavy atom. The van der Waals surface area contributed by atoms with Gasteiger partial charge in [-0.2, -0.15) is 0 Å². The molecule has 2 aliphatic rings. The maximum absolute atomic E-state index is 10.2. The molecule has 0 amide bonds. The van der Waals surface area contributed by atoms with Crippen molar-refractivity contribution in [2.75, 3.05) is 0 Å². The summed E-state index contributed by atoms with van der Waals surface area (Å²) >= 11 is 0. The van der Waals surface area contributed by atoms with Gasteiger partial charge in [0, 0.05) is 0 Å². The summed E-state index contributed by atoms with van der Waals surface area (Å²) < 4.78 is 0. The third kappa shape index (κ3) is 2.30. The largest absolute Gasteiger partial charge is 0.390 e. The summed E-state index contributed by atoms with van der Waals surface area (Å²) in [6, 6.07) is 0. The van der Waals surface area contributed by atoms with Crippen molar-refractivity contribution in [2.45, 2.75) is 64.6 Å². The van der Waals surface area contributed by atoms with Gasteiger partial charge < -0.3 is 10.2 Å². The summed E-state index contributed by atoms with van der Waals surface area (Å²) in [5.74, 6) is 0.721. The molecule has 2 fully saturated rings. The Morgan fingerprint density at radius 2 is 1.88 bits per heavy atom. The number of rotatable bonds is 1. The molecule has 0 radical (unpaired) electrons. The zero-order valence-electron chi connectivity index (χ0n) is 11.4. The van der Waals surface area contributed by atoms with E-state index in [0.717, 1.165) is 37.7 Å². The maximum Gasteiger partial charge on any atom is 0.0750 e. The molecule has 0 saturated heterocycles. The minimum Gasteiger partial charge on any atom is -0.390 e. The van der Waals surface area contributed by atoms with Crippen LogP contribution in [0.3, 0.4) is 0 Å². The zero-order chi connectivity index (χ0) is 12.8. The second-order valence-electron chi connectivity index (χ2n) is 6.96. The summed E-state index contributed by atoms with van der Waals surface area (Å²) in [5, 5.41) is 20.1. The average Bonchev–Trinajstić information content (AvgIpc) is 2.22. The molecule has 2 aliphatic carbocycles. The van der Waals surface area contributed by atoms with Gasteiger partial charge in [-0.3, -0.25) is 0 Å². The van der Waals surface area contributed by atoms with Crippen LogP contribution in [0, 0.1) is 17.3 Å². The van der Waals surface area contributed by atoms with Crippen LogP contribution in [0.25, 0.3) is 0 Å². The maximum atomic E-state index is 10.2. The van der Waals surface area contributed by atoms with Crippen molar-refractivity contribution >= 4 is 0 Å². The van der Waals surface area contributed by atoms with Gasteiger partial charge in [0.25, 0.3) is 0 Å². The van der Waals surface area contributed by atoms with E-state index in [9.17, 15) is 10.2 Å². The monoisotopic (exact) mass is 238 g/mol. The summed E-state index contributed by atoms with van der Waals surface area (Å²) in [4.78, 5) is 0. The molecule has 0 spiro atoms. The van der Waals surface area contributed by atoms with Gasteiger partial charge in [0.2, 0.25) is 0 Å². The molecular formula is C15H26O2. The highest BCUT2D eigenvalue weighted by molar-refractivity contribution is 5.17. The predicted molar refractivity (Wildman–Crippen MR) is 69.6 cm³/mol. The van der Waals surface area contributed by atoms with Crippen LogP contribution >= 0.6 is 0 Å². The number of fused-ring (bicyclic) bond motifs is 1. The SMILES string of the molecule is C=C1C(O)CC[C@]2(C)CC[C@@H](C(C)(C)O)CC12. The molecule has 0 aromatic rings. The molecule has 2 saturated carbocycles. The fourth-order valence-corrected chi connectivity index (χ4v) is 3.79. The lowest BCUT2D eigenvalue weighted by molar-refractivity contribution is -0.0509. The molecule has 2 unspecified atom stereocenters. The normalized spacial score (nSPS) is 43.4. The van der Waals surface area contributed by atoms with Crippen molar-refractivity contribution < 1.29 is 10.2 Å². The molecule has 4 atom stereocenters. The predicted octanol–water partition coefficient (Wildman–Crippen LogP) is 2.89. The molecular weight excluding hydrogens is 212 g/mol. The van der Waals surface area contributed by atoms with Gasteiger partial charge in [-0.15, -0.1) is 0 Å². The Morgan fingerprint density at radius 1 is 1.29 bits per heavy atom. The van der Waals surface area contributed by atoms with Crippen LogP contribution in [-0.2, 0) is 0 Å². The van der Waals surface area contributed by atoms with E-state index >= 15 is 0 Å². The summed E-state index contributed by atoms with van der Waals surface area (Å²) in [7, 11) is 0. The lowest BCUT2D eigenvalue weighted by atomic mass is 9.55. The Kier molecular flexibility index (Phi) is 3.16. The summed E-state index contributed by atoms with van der Waals surface area (Å²) in [5.41, 5.74) is 0.704. The first-order chi connectivity index (χ1) is 7.74. The van der Waals surface area contributed by atoms with Crippen LogP contribution in [-0.4, -0.2) is 21.9 Å². The zero-order valence-corrected chi connectivity index (χ0v) is 11.4. The van der Waals surface area contributed by atoms with Gasteiger partial charge in [-0.1, -0.05) is 13.5 Å². The molecule has 0 aromatic carbocycles. The van der Waals surface area contributed by atoms with E-state index in [-0.39, 0.29) is 6.10 Å². The fraction of sp³-hybridized carbons (Fsp3) is 0.867. The molecule has 17 heavy (non-hydrogen) atoms. The van der Waals surface area contributed by atoms with Crippen LogP contribution in [0.1, 0.15) is 52.9 Å². The summed E-state index contributed by atoms with van der Waals surface area (Å²) in [6.07, 6.45) is 4.86. The third-order valence-corrected chi connectivity index (χ3v) is 5.29. The average molecular weight is 238 g/mol. The van der Waals surface area contributed by atoms with E-state index < -0.39 is 5.60 Å². The molecule has 0 aromatic heterocycles. The number of hydrogen-bond donors (Lipinski definition) is 2. The first-order valence-electron chi connectivity index (χ1n) is 6.83. The molecule has 0 heterocycles. The highest BCUT2D eigenvalue weighted by Gasteiger charge is 2.47. The lowest BCUT2D eigenvalue weighted by Crippen LogP contribution is -2.46. The van der Waals surface area contributed by atoms with Gasteiger partial charge in [0.05, 0.1) is 11.7 Å². The van der Waals surface area contributed by atoms with Gasteiger partial charge in [0.1, 0.15) is 0 Å². The molecule has 2 heteroatoms. The van der Waals surface area contributed by atoms with Crippen molar-refractivity contribution in [2.24, 2.45) is 17.3 Å². The van der Waals surface area contributed by atoms with E-state index in [1.165, 1.54) is 0 Å². The van der Waals surface area contributed by atoms with Crippen molar-refractivity contribution in [1.29, 1.82) is 0 Å². The molecule has 0 aliphatic heterocycles. The van der Waals surface area contributed by atoms with E-state index in [0.29, 0.717) is 17.3 Å². The van der Waals surface area contributed by atoms with E-state index in [4.69, 9.17) is 0 Å². The molecule has 98 valence electrons. The van der Waals surface area contributed by atoms with Crippen molar-refractivity contribution in [3.05, 3.63) is 12.2 Å². The van der Waals surface area contributed by atoms with Crippen molar-refractivity contribution in [3.8, 4) is 0 Å². The number of hydrogen-bond acceptors (Lipinski definition) is 2. The molecule has 0 bridgehead atoms. The minimum atomic E-state index is -0.607. The van der Waals surface area contributed by atoms with Crippen LogP contribution in [0.15, 0.2) is 12.2 Å². The Bertz CT molecular complexity index is 315. The first kappa shape index (κ1) is 13.1.